The molecule has 0 radical (unpaired) electrons. The Kier molecular flexibility index (Phi) is 7.36. The third-order valence-corrected chi connectivity index (χ3v) is 6.24. The molecule has 1 atom stereocenters. The molecule has 202 valence electrons. The van der Waals surface area contributed by atoms with Crippen LogP contribution in [0.15, 0.2) is 77.9 Å². The summed E-state index contributed by atoms with van der Waals surface area (Å²) in [7, 11) is 1.54. The molecule has 0 aliphatic heterocycles. The Balaban J connectivity index is 1.70. The summed E-state index contributed by atoms with van der Waals surface area (Å²) in [5, 5.41) is 3.63. The summed E-state index contributed by atoms with van der Waals surface area (Å²) in [6.45, 7) is 3.71. The standard InChI is InChI=1S/C29H27N7O4/c1-4-40-28(38)21-16-32-29(30)35-25(21)33-17(2)26-34-22-12-8-11-20(18-13-14-31-23(15-18)39-3)24(22)27(37)36(26)19-9-6-5-7-10-19/h5-17H,4H2,1-3H3,(H3,30,32,33,35)/t17-/m1/s1. The molecule has 2 aromatic carbocycles. The van der Waals surface area contributed by atoms with Gasteiger partial charge in [0.2, 0.25) is 11.8 Å². The minimum absolute atomic E-state index is 0.0212. The number of rotatable bonds is 8. The molecular weight excluding hydrogens is 510 g/mol. The van der Waals surface area contributed by atoms with Crippen molar-refractivity contribution in [2.24, 2.45) is 0 Å². The number of benzene rings is 2. The van der Waals surface area contributed by atoms with Gasteiger partial charge in [-0.05, 0) is 49.2 Å². The van der Waals surface area contributed by atoms with Gasteiger partial charge >= 0.3 is 5.97 Å². The van der Waals surface area contributed by atoms with Gasteiger partial charge in [-0.2, -0.15) is 4.98 Å². The van der Waals surface area contributed by atoms with Crippen LogP contribution in [0.4, 0.5) is 11.8 Å². The maximum atomic E-state index is 14.3. The number of nitrogens with two attached hydrogens (primary N) is 1. The molecule has 5 rings (SSSR count). The average Bonchev–Trinajstić information content (AvgIpc) is 2.97. The summed E-state index contributed by atoms with van der Waals surface area (Å²) in [5.74, 6) is 0.389. The zero-order valence-corrected chi connectivity index (χ0v) is 22.2. The molecule has 40 heavy (non-hydrogen) atoms. The highest BCUT2D eigenvalue weighted by Crippen LogP contribution is 2.30. The lowest BCUT2D eigenvalue weighted by Gasteiger charge is -2.21. The van der Waals surface area contributed by atoms with E-state index in [-0.39, 0.29) is 29.5 Å². The normalized spacial score (nSPS) is 11.7. The molecule has 0 bridgehead atoms. The lowest BCUT2D eigenvalue weighted by atomic mass is 10.0. The van der Waals surface area contributed by atoms with Crippen molar-refractivity contribution in [2.75, 3.05) is 24.8 Å². The number of hydrogen-bond donors (Lipinski definition) is 2. The Morgan fingerprint density at radius 2 is 1.88 bits per heavy atom. The lowest BCUT2D eigenvalue weighted by molar-refractivity contribution is 0.0526. The third kappa shape index (κ3) is 5.04. The van der Waals surface area contributed by atoms with E-state index in [0.29, 0.717) is 33.9 Å². The van der Waals surface area contributed by atoms with E-state index in [2.05, 4.69) is 20.3 Å². The van der Waals surface area contributed by atoms with Crippen molar-refractivity contribution >= 4 is 28.6 Å². The van der Waals surface area contributed by atoms with Crippen molar-refractivity contribution in [3.8, 4) is 22.7 Å². The number of nitrogens with one attached hydrogen (secondary N) is 1. The van der Waals surface area contributed by atoms with Crippen molar-refractivity contribution in [1.82, 2.24) is 24.5 Å². The second kappa shape index (κ2) is 11.2. The zero-order chi connectivity index (χ0) is 28.2. The summed E-state index contributed by atoms with van der Waals surface area (Å²) < 4.78 is 12.0. The number of hydrogen-bond acceptors (Lipinski definition) is 10. The first kappa shape index (κ1) is 26.3. The topological polar surface area (TPSA) is 147 Å². The predicted molar refractivity (Wildman–Crippen MR) is 152 cm³/mol. The highest BCUT2D eigenvalue weighted by Gasteiger charge is 2.23. The molecule has 0 amide bonds. The Bertz CT molecular complexity index is 1760. The number of fused-ring (bicyclic) bond motifs is 1. The summed E-state index contributed by atoms with van der Waals surface area (Å²) in [5.41, 5.74) is 8.27. The van der Waals surface area contributed by atoms with Gasteiger partial charge in [0, 0.05) is 18.5 Å². The quantitative estimate of drug-likeness (QED) is 0.276. The van der Waals surface area contributed by atoms with Crippen LogP contribution < -0.4 is 21.3 Å². The molecule has 0 saturated carbocycles. The van der Waals surface area contributed by atoms with Crippen LogP contribution in [0.25, 0.3) is 27.7 Å². The first-order valence-electron chi connectivity index (χ1n) is 12.6. The van der Waals surface area contributed by atoms with Crippen LogP contribution in [-0.2, 0) is 4.74 Å². The highest BCUT2D eigenvalue weighted by molar-refractivity contribution is 5.95. The van der Waals surface area contributed by atoms with Crippen molar-refractivity contribution in [3.05, 3.63) is 94.8 Å². The van der Waals surface area contributed by atoms with E-state index < -0.39 is 12.0 Å². The van der Waals surface area contributed by atoms with Gasteiger partial charge in [-0.3, -0.25) is 9.36 Å². The average molecular weight is 538 g/mol. The summed E-state index contributed by atoms with van der Waals surface area (Å²) in [4.78, 5) is 44.1. The van der Waals surface area contributed by atoms with Crippen LogP contribution >= 0.6 is 0 Å². The Morgan fingerprint density at radius 1 is 1.07 bits per heavy atom. The van der Waals surface area contributed by atoms with Crippen LogP contribution in [0, 0.1) is 0 Å². The molecule has 11 heteroatoms. The van der Waals surface area contributed by atoms with Crippen LogP contribution in [0.2, 0.25) is 0 Å². The lowest BCUT2D eigenvalue weighted by Crippen LogP contribution is -2.28. The number of para-hydroxylation sites is 1. The van der Waals surface area contributed by atoms with Crippen molar-refractivity contribution in [1.29, 1.82) is 0 Å². The van der Waals surface area contributed by atoms with Crippen LogP contribution in [0.3, 0.4) is 0 Å². The van der Waals surface area contributed by atoms with E-state index in [9.17, 15) is 9.59 Å². The fraction of sp³-hybridized carbons (Fsp3) is 0.172. The number of esters is 1. The predicted octanol–water partition coefficient (Wildman–Crippen LogP) is 4.18. The molecule has 0 aliphatic carbocycles. The Morgan fingerprint density at radius 3 is 2.62 bits per heavy atom. The first-order valence-corrected chi connectivity index (χ1v) is 12.6. The SMILES string of the molecule is CCOC(=O)c1cnc(N)nc1N[C@H](C)c1nc2cccc(-c3ccnc(OC)c3)c2c(=O)n1-c1ccccc1. The van der Waals surface area contributed by atoms with Crippen molar-refractivity contribution < 1.29 is 14.3 Å². The molecule has 0 saturated heterocycles. The molecule has 3 N–H and O–H groups in total. The Hall–Kier alpha value is -5.32. The van der Waals surface area contributed by atoms with Gasteiger partial charge < -0.3 is 20.5 Å². The molecule has 0 spiro atoms. The van der Waals surface area contributed by atoms with Crippen molar-refractivity contribution in [3.63, 3.8) is 0 Å². The molecule has 11 nitrogen and oxygen atoms in total. The maximum absolute atomic E-state index is 14.3. The number of pyridine rings is 1. The van der Waals surface area contributed by atoms with E-state index in [0.717, 1.165) is 5.56 Å². The molecule has 3 aromatic heterocycles. The van der Waals surface area contributed by atoms with E-state index in [1.54, 1.807) is 36.9 Å². The zero-order valence-electron chi connectivity index (χ0n) is 22.2. The smallest absolute Gasteiger partial charge is 0.343 e. The fourth-order valence-corrected chi connectivity index (χ4v) is 4.43. The van der Waals surface area contributed by atoms with Gasteiger partial charge in [0.25, 0.3) is 5.56 Å². The number of anilines is 2. The fourth-order valence-electron chi connectivity index (χ4n) is 4.43. The van der Waals surface area contributed by atoms with Gasteiger partial charge in [0.15, 0.2) is 0 Å². The Labute approximate surface area is 229 Å². The third-order valence-electron chi connectivity index (χ3n) is 6.24. The van der Waals surface area contributed by atoms with Gasteiger partial charge in [0.05, 0.1) is 36.3 Å². The number of methoxy groups -OCH3 is 1. The monoisotopic (exact) mass is 537 g/mol. The molecular formula is C29H27N7O4. The van der Waals surface area contributed by atoms with Gasteiger partial charge in [0.1, 0.15) is 17.2 Å². The highest BCUT2D eigenvalue weighted by atomic mass is 16.5. The summed E-state index contributed by atoms with van der Waals surface area (Å²) in [6, 6.07) is 17.7. The second-order valence-electron chi connectivity index (χ2n) is 8.81. The first-order chi connectivity index (χ1) is 19.4. The number of carbonyl (C=O) groups excluding carboxylic acids is 1. The minimum atomic E-state index is -0.596. The van der Waals surface area contributed by atoms with E-state index in [1.807, 2.05) is 55.5 Å². The number of carbonyl (C=O) groups is 1. The number of nitrogen functional groups attached to an aromatic ring is 1. The van der Waals surface area contributed by atoms with Crippen LogP contribution in [-0.4, -0.2) is 44.2 Å². The number of nitrogens with zero attached hydrogens (tertiary/aromatic N) is 5. The van der Waals surface area contributed by atoms with Crippen molar-refractivity contribution in [2.45, 2.75) is 19.9 Å². The maximum Gasteiger partial charge on any atom is 0.343 e. The van der Waals surface area contributed by atoms with Gasteiger partial charge in [-0.25, -0.2) is 19.7 Å². The minimum Gasteiger partial charge on any atom is -0.481 e. The number of ether oxygens (including phenoxy) is 2. The van der Waals surface area contributed by atoms with E-state index in [1.165, 1.54) is 6.20 Å². The number of aromatic nitrogens is 5. The molecule has 0 fully saturated rings. The molecule has 0 aliphatic rings. The molecule has 3 heterocycles. The van der Waals surface area contributed by atoms with Crippen LogP contribution in [0.1, 0.15) is 36.1 Å². The molecule has 0 unspecified atom stereocenters. The molecule has 5 aromatic rings. The second-order valence-corrected chi connectivity index (χ2v) is 8.81. The van der Waals surface area contributed by atoms with E-state index in [4.69, 9.17) is 20.2 Å². The van der Waals surface area contributed by atoms with Crippen LogP contribution in [0.5, 0.6) is 5.88 Å². The summed E-state index contributed by atoms with van der Waals surface area (Å²) >= 11 is 0. The summed E-state index contributed by atoms with van der Waals surface area (Å²) in [6.07, 6.45) is 2.94. The van der Waals surface area contributed by atoms with Gasteiger partial charge in [-0.15, -0.1) is 0 Å². The van der Waals surface area contributed by atoms with Gasteiger partial charge in [-0.1, -0.05) is 30.3 Å². The largest absolute Gasteiger partial charge is 0.481 e. The van der Waals surface area contributed by atoms with E-state index >= 15 is 0 Å².